The predicted octanol–water partition coefficient (Wildman–Crippen LogP) is 4.55. The maximum Gasteiger partial charge on any atom is 0.317 e. The average Bonchev–Trinajstić information content (AvgIpc) is 2.94. The number of piperidine rings is 1. The van der Waals surface area contributed by atoms with Crippen molar-refractivity contribution in [3.8, 4) is 0 Å². The third kappa shape index (κ3) is 3.64. The second kappa shape index (κ2) is 7.12. The molecule has 1 aliphatic heterocycles. The van der Waals surface area contributed by atoms with Gasteiger partial charge in [-0.2, -0.15) is 0 Å². The Morgan fingerprint density at radius 3 is 2.46 bits per heavy atom. The Balaban J connectivity index is 1.54. The van der Waals surface area contributed by atoms with Crippen LogP contribution in [0.2, 0.25) is 0 Å². The molecule has 128 valence electrons. The summed E-state index contributed by atoms with van der Waals surface area (Å²) >= 11 is 0. The monoisotopic (exact) mass is 326 g/mol. The van der Waals surface area contributed by atoms with Gasteiger partial charge >= 0.3 is 6.03 Å². The highest BCUT2D eigenvalue weighted by molar-refractivity contribution is 5.74. The quantitative estimate of drug-likeness (QED) is 0.899. The van der Waals surface area contributed by atoms with E-state index in [4.69, 9.17) is 4.42 Å². The molecule has 24 heavy (non-hydrogen) atoms. The molecule has 1 aromatic heterocycles. The molecule has 1 unspecified atom stereocenters. The van der Waals surface area contributed by atoms with E-state index in [0.29, 0.717) is 5.92 Å². The van der Waals surface area contributed by atoms with E-state index in [9.17, 15) is 4.79 Å². The molecule has 1 aliphatic rings. The molecular weight excluding hydrogens is 300 g/mol. The fourth-order valence-electron chi connectivity index (χ4n) is 3.58. The molecule has 4 nitrogen and oxygen atoms in total. The minimum Gasteiger partial charge on any atom is -0.466 e. The largest absolute Gasteiger partial charge is 0.466 e. The van der Waals surface area contributed by atoms with Crippen LogP contribution in [0.1, 0.15) is 54.4 Å². The molecule has 2 heterocycles. The van der Waals surface area contributed by atoms with E-state index < -0.39 is 0 Å². The molecule has 1 saturated heterocycles. The lowest BCUT2D eigenvalue weighted by Gasteiger charge is -2.33. The van der Waals surface area contributed by atoms with Crippen LogP contribution in [0, 0.1) is 13.8 Å². The average molecular weight is 326 g/mol. The smallest absolute Gasteiger partial charge is 0.317 e. The standard InChI is InChI=1S/C20H26N2O2/c1-14-13-19(16(3)24-14)15(2)21-20(23)22-11-9-18(10-12-22)17-7-5-4-6-8-17/h4-8,13,15,18H,9-12H2,1-3H3,(H,21,23). The van der Waals surface area contributed by atoms with E-state index >= 15 is 0 Å². The summed E-state index contributed by atoms with van der Waals surface area (Å²) in [6.45, 7) is 7.49. The van der Waals surface area contributed by atoms with Crippen LogP contribution in [0.3, 0.4) is 0 Å². The number of rotatable bonds is 3. The summed E-state index contributed by atoms with van der Waals surface area (Å²) in [5.74, 6) is 2.32. The number of amides is 2. The first-order valence-corrected chi connectivity index (χ1v) is 8.72. The summed E-state index contributed by atoms with van der Waals surface area (Å²) in [5.41, 5.74) is 2.44. The van der Waals surface area contributed by atoms with E-state index in [-0.39, 0.29) is 12.1 Å². The minimum atomic E-state index is -0.0400. The molecule has 0 saturated carbocycles. The van der Waals surface area contributed by atoms with Gasteiger partial charge < -0.3 is 14.6 Å². The number of carbonyl (C=O) groups is 1. The number of aryl methyl sites for hydroxylation is 2. The first-order chi connectivity index (χ1) is 11.5. The normalized spacial score (nSPS) is 16.9. The minimum absolute atomic E-state index is 0.0206. The van der Waals surface area contributed by atoms with Crippen LogP contribution in [0.5, 0.6) is 0 Å². The van der Waals surface area contributed by atoms with Gasteiger partial charge in [0.1, 0.15) is 11.5 Å². The summed E-state index contributed by atoms with van der Waals surface area (Å²) in [7, 11) is 0. The first-order valence-electron chi connectivity index (χ1n) is 8.72. The lowest BCUT2D eigenvalue weighted by atomic mass is 9.90. The fraction of sp³-hybridized carbons (Fsp3) is 0.450. The van der Waals surface area contributed by atoms with Crippen LogP contribution in [-0.4, -0.2) is 24.0 Å². The van der Waals surface area contributed by atoms with Crippen LogP contribution >= 0.6 is 0 Å². The van der Waals surface area contributed by atoms with Crippen molar-refractivity contribution in [2.75, 3.05) is 13.1 Å². The molecule has 3 rings (SSSR count). The number of carbonyl (C=O) groups excluding carboxylic acids is 1. The lowest BCUT2D eigenvalue weighted by molar-refractivity contribution is 0.178. The highest BCUT2D eigenvalue weighted by Gasteiger charge is 2.25. The number of nitrogens with one attached hydrogen (secondary N) is 1. The number of benzene rings is 1. The maximum absolute atomic E-state index is 12.5. The van der Waals surface area contributed by atoms with E-state index in [0.717, 1.165) is 43.0 Å². The molecule has 0 radical (unpaired) electrons. The van der Waals surface area contributed by atoms with E-state index in [2.05, 4.69) is 29.6 Å². The van der Waals surface area contributed by atoms with Crippen LogP contribution in [0.15, 0.2) is 40.8 Å². The summed E-state index contributed by atoms with van der Waals surface area (Å²) in [6.07, 6.45) is 2.05. The second-order valence-corrected chi connectivity index (χ2v) is 6.71. The molecule has 1 fully saturated rings. The molecule has 1 atom stereocenters. The zero-order valence-electron chi connectivity index (χ0n) is 14.7. The topological polar surface area (TPSA) is 45.5 Å². The molecular formula is C20H26N2O2. The number of likely N-dealkylation sites (tertiary alicyclic amines) is 1. The van der Waals surface area contributed by atoms with Gasteiger partial charge in [0.15, 0.2) is 0 Å². The Labute approximate surface area is 143 Å². The Bertz CT molecular complexity index is 685. The van der Waals surface area contributed by atoms with Gasteiger partial charge in [-0.25, -0.2) is 4.79 Å². The fourth-order valence-corrected chi connectivity index (χ4v) is 3.58. The molecule has 1 N–H and O–H groups in total. The van der Waals surface area contributed by atoms with Crippen LogP contribution < -0.4 is 5.32 Å². The Hall–Kier alpha value is -2.23. The van der Waals surface area contributed by atoms with Gasteiger partial charge in [-0.15, -0.1) is 0 Å². The van der Waals surface area contributed by atoms with Crippen molar-refractivity contribution >= 4 is 6.03 Å². The van der Waals surface area contributed by atoms with Gasteiger partial charge in [0.05, 0.1) is 6.04 Å². The van der Waals surface area contributed by atoms with Crippen molar-refractivity contribution in [2.24, 2.45) is 0 Å². The number of hydrogen-bond acceptors (Lipinski definition) is 2. The Morgan fingerprint density at radius 1 is 1.21 bits per heavy atom. The molecule has 0 aliphatic carbocycles. The lowest BCUT2D eigenvalue weighted by Crippen LogP contribution is -2.44. The maximum atomic E-state index is 12.5. The molecule has 2 aromatic rings. The number of nitrogens with zero attached hydrogens (tertiary/aromatic N) is 1. The first kappa shape index (κ1) is 16.6. The van der Waals surface area contributed by atoms with E-state index in [1.807, 2.05) is 37.8 Å². The zero-order valence-corrected chi connectivity index (χ0v) is 14.7. The molecule has 0 bridgehead atoms. The van der Waals surface area contributed by atoms with Gasteiger partial charge in [-0.05, 0) is 51.2 Å². The third-order valence-electron chi connectivity index (χ3n) is 4.94. The Morgan fingerprint density at radius 2 is 1.88 bits per heavy atom. The third-order valence-corrected chi connectivity index (χ3v) is 4.94. The Kier molecular flexibility index (Phi) is 4.93. The molecule has 4 heteroatoms. The van der Waals surface area contributed by atoms with Gasteiger partial charge in [-0.3, -0.25) is 0 Å². The summed E-state index contributed by atoms with van der Waals surface area (Å²) in [4.78, 5) is 14.5. The molecule has 1 aromatic carbocycles. The van der Waals surface area contributed by atoms with Crippen molar-refractivity contribution < 1.29 is 9.21 Å². The van der Waals surface area contributed by atoms with Crippen LogP contribution in [0.25, 0.3) is 0 Å². The summed E-state index contributed by atoms with van der Waals surface area (Å²) in [6, 6.07) is 12.6. The second-order valence-electron chi connectivity index (χ2n) is 6.71. The van der Waals surface area contributed by atoms with Crippen molar-refractivity contribution in [3.63, 3.8) is 0 Å². The van der Waals surface area contributed by atoms with Crippen molar-refractivity contribution in [2.45, 2.75) is 45.6 Å². The predicted molar refractivity (Wildman–Crippen MR) is 95.1 cm³/mol. The van der Waals surface area contributed by atoms with Gasteiger partial charge in [-0.1, -0.05) is 30.3 Å². The van der Waals surface area contributed by atoms with Gasteiger partial charge in [0.25, 0.3) is 0 Å². The summed E-state index contributed by atoms with van der Waals surface area (Å²) in [5, 5.41) is 3.10. The van der Waals surface area contributed by atoms with Gasteiger partial charge in [0, 0.05) is 18.7 Å². The summed E-state index contributed by atoms with van der Waals surface area (Å²) < 4.78 is 5.56. The number of urea groups is 1. The number of hydrogen-bond donors (Lipinski definition) is 1. The molecule has 2 amide bonds. The van der Waals surface area contributed by atoms with E-state index in [1.165, 1.54) is 5.56 Å². The van der Waals surface area contributed by atoms with Crippen molar-refractivity contribution in [1.29, 1.82) is 0 Å². The van der Waals surface area contributed by atoms with Gasteiger partial charge in [0.2, 0.25) is 0 Å². The SMILES string of the molecule is Cc1cc(C(C)NC(=O)N2CCC(c3ccccc3)CC2)c(C)o1. The highest BCUT2D eigenvalue weighted by Crippen LogP contribution is 2.28. The number of furan rings is 1. The zero-order chi connectivity index (χ0) is 17.1. The van der Waals surface area contributed by atoms with Crippen LogP contribution in [0.4, 0.5) is 4.79 Å². The van der Waals surface area contributed by atoms with Crippen molar-refractivity contribution in [3.05, 3.63) is 59.0 Å². The highest BCUT2D eigenvalue weighted by atomic mass is 16.3. The van der Waals surface area contributed by atoms with E-state index in [1.54, 1.807) is 0 Å². The molecule has 0 spiro atoms. The van der Waals surface area contributed by atoms with Crippen molar-refractivity contribution in [1.82, 2.24) is 10.2 Å². The van der Waals surface area contributed by atoms with Crippen LogP contribution in [-0.2, 0) is 0 Å².